The molecule has 0 aliphatic carbocycles. The van der Waals surface area contributed by atoms with Crippen molar-refractivity contribution in [2.75, 3.05) is 17.2 Å². The maximum atomic E-state index is 12.0. The van der Waals surface area contributed by atoms with Gasteiger partial charge in [-0.2, -0.15) is 0 Å². The summed E-state index contributed by atoms with van der Waals surface area (Å²) in [5, 5.41) is 5.89. The van der Waals surface area contributed by atoms with Crippen molar-refractivity contribution in [1.82, 2.24) is 0 Å². The number of halogens is 2. The molecule has 2 aromatic carbocycles. The zero-order valence-corrected chi connectivity index (χ0v) is 17.5. The summed E-state index contributed by atoms with van der Waals surface area (Å²) < 4.78 is 4.92. The molecule has 8 heteroatoms. The van der Waals surface area contributed by atoms with Crippen LogP contribution in [0.3, 0.4) is 0 Å². The van der Waals surface area contributed by atoms with E-state index in [1.807, 2.05) is 31.2 Å². The highest BCUT2D eigenvalue weighted by Crippen LogP contribution is 2.29. The highest BCUT2D eigenvalue weighted by molar-refractivity contribution is 6.44. The van der Waals surface area contributed by atoms with Crippen molar-refractivity contribution in [3.8, 4) is 0 Å². The maximum absolute atomic E-state index is 12.0. The first-order valence-electron chi connectivity index (χ1n) is 9.18. The number of nitrogens with one attached hydrogen (secondary N) is 2. The molecular formula is C21H22Cl2N2O4. The summed E-state index contributed by atoms with van der Waals surface area (Å²) >= 11 is 11.9. The van der Waals surface area contributed by atoms with Gasteiger partial charge < -0.3 is 15.4 Å². The Hall–Kier alpha value is -2.57. The Bertz CT molecular complexity index is 887. The zero-order valence-electron chi connectivity index (χ0n) is 16.0. The lowest BCUT2D eigenvalue weighted by atomic mass is 10.1. The minimum absolute atomic E-state index is 0.0358. The Labute approximate surface area is 179 Å². The maximum Gasteiger partial charge on any atom is 0.306 e. The summed E-state index contributed by atoms with van der Waals surface area (Å²) in [4.78, 5) is 35.7. The molecule has 0 aliphatic rings. The normalized spacial score (nSPS) is 10.3. The van der Waals surface area contributed by atoms with Gasteiger partial charge in [-0.25, -0.2) is 0 Å². The fourth-order valence-electron chi connectivity index (χ4n) is 2.56. The van der Waals surface area contributed by atoms with Crippen LogP contribution in [-0.4, -0.2) is 24.4 Å². The summed E-state index contributed by atoms with van der Waals surface area (Å²) in [5.74, 6) is -1.26. The highest BCUT2D eigenvalue weighted by atomic mass is 35.5. The van der Waals surface area contributed by atoms with Crippen LogP contribution in [0.4, 0.5) is 11.4 Å². The Kier molecular flexibility index (Phi) is 8.96. The van der Waals surface area contributed by atoms with Crippen molar-refractivity contribution in [3.63, 3.8) is 0 Å². The standard InChI is InChI=1S/C21H22Cl2N2O4/c1-2-14-7-3-4-9-16(14)24-18(26)11-6-12-20(28)29-13-19(27)25-17-10-5-8-15(22)21(17)23/h3-5,7-10H,2,6,11-13H2,1H3,(H,24,26)(H,25,27). The topological polar surface area (TPSA) is 84.5 Å². The van der Waals surface area contributed by atoms with E-state index in [2.05, 4.69) is 10.6 Å². The number of benzene rings is 2. The van der Waals surface area contributed by atoms with Gasteiger partial charge >= 0.3 is 5.97 Å². The van der Waals surface area contributed by atoms with E-state index in [0.29, 0.717) is 17.1 Å². The molecule has 0 unspecified atom stereocenters. The van der Waals surface area contributed by atoms with Gasteiger partial charge in [0.05, 0.1) is 15.7 Å². The van der Waals surface area contributed by atoms with Crippen LogP contribution in [0.15, 0.2) is 42.5 Å². The third-order valence-electron chi connectivity index (χ3n) is 4.05. The molecule has 6 nitrogen and oxygen atoms in total. The smallest absolute Gasteiger partial charge is 0.306 e. The van der Waals surface area contributed by atoms with Crippen LogP contribution >= 0.6 is 23.2 Å². The van der Waals surface area contributed by atoms with Gasteiger partial charge in [0.25, 0.3) is 5.91 Å². The van der Waals surface area contributed by atoms with E-state index in [4.69, 9.17) is 27.9 Å². The van der Waals surface area contributed by atoms with Crippen LogP contribution in [0.1, 0.15) is 31.7 Å². The number of ether oxygens (including phenoxy) is 1. The molecule has 2 amide bonds. The number of aryl methyl sites for hydroxylation is 1. The van der Waals surface area contributed by atoms with E-state index in [0.717, 1.165) is 17.7 Å². The molecule has 0 heterocycles. The monoisotopic (exact) mass is 436 g/mol. The van der Waals surface area contributed by atoms with Crippen molar-refractivity contribution in [2.45, 2.75) is 32.6 Å². The average molecular weight is 437 g/mol. The predicted octanol–water partition coefficient (Wildman–Crippen LogP) is 4.85. The lowest BCUT2D eigenvalue weighted by Crippen LogP contribution is -2.21. The third kappa shape index (κ3) is 7.40. The predicted molar refractivity (Wildman–Crippen MR) is 114 cm³/mol. The largest absolute Gasteiger partial charge is 0.456 e. The number of para-hydroxylation sites is 1. The van der Waals surface area contributed by atoms with Gasteiger partial charge in [-0.15, -0.1) is 0 Å². The van der Waals surface area contributed by atoms with Crippen molar-refractivity contribution in [1.29, 1.82) is 0 Å². The number of hydrogen-bond donors (Lipinski definition) is 2. The third-order valence-corrected chi connectivity index (χ3v) is 4.87. The minimum Gasteiger partial charge on any atom is -0.456 e. The van der Waals surface area contributed by atoms with Gasteiger partial charge in [-0.1, -0.05) is 54.4 Å². The lowest BCUT2D eigenvalue weighted by Gasteiger charge is -2.10. The molecule has 2 N–H and O–H groups in total. The van der Waals surface area contributed by atoms with Crippen LogP contribution in [0.5, 0.6) is 0 Å². The van der Waals surface area contributed by atoms with Gasteiger partial charge in [0.1, 0.15) is 0 Å². The summed E-state index contributed by atoms with van der Waals surface area (Å²) in [5.41, 5.74) is 2.16. The van der Waals surface area contributed by atoms with E-state index < -0.39 is 18.5 Å². The van der Waals surface area contributed by atoms with Gasteiger partial charge in [0.15, 0.2) is 6.61 Å². The molecule has 154 valence electrons. The van der Waals surface area contributed by atoms with Crippen molar-refractivity contribution in [2.24, 2.45) is 0 Å². The van der Waals surface area contributed by atoms with E-state index in [-0.39, 0.29) is 23.8 Å². The number of esters is 1. The average Bonchev–Trinajstić information content (AvgIpc) is 2.70. The Balaban J connectivity index is 1.68. The van der Waals surface area contributed by atoms with Crippen LogP contribution in [0, 0.1) is 0 Å². The van der Waals surface area contributed by atoms with Crippen molar-refractivity contribution >= 4 is 52.4 Å². The number of carbonyl (C=O) groups excluding carboxylic acids is 3. The summed E-state index contributed by atoms with van der Waals surface area (Å²) in [7, 11) is 0. The van der Waals surface area contributed by atoms with Crippen LogP contribution in [0.2, 0.25) is 10.0 Å². The van der Waals surface area contributed by atoms with Gasteiger partial charge in [0.2, 0.25) is 5.91 Å². The van der Waals surface area contributed by atoms with Crippen molar-refractivity contribution < 1.29 is 19.1 Å². The molecule has 0 aliphatic heterocycles. The number of amides is 2. The molecule has 0 bridgehead atoms. The minimum atomic E-state index is -0.556. The first-order valence-corrected chi connectivity index (χ1v) is 9.93. The quantitative estimate of drug-likeness (QED) is 0.550. The molecular weight excluding hydrogens is 415 g/mol. The summed E-state index contributed by atoms with van der Waals surface area (Å²) in [6.07, 6.45) is 1.34. The summed E-state index contributed by atoms with van der Waals surface area (Å²) in [6.45, 7) is 1.56. The SMILES string of the molecule is CCc1ccccc1NC(=O)CCCC(=O)OCC(=O)Nc1cccc(Cl)c1Cl. The molecule has 0 spiro atoms. The Morgan fingerprint density at radius 1 is 0.897 bits per heavy atom. The van der Waals surface area contributed by atoms with E-state index in [1.54, 1.807) is 18.2 Å². The van der Waals surface area contributed by atoms with Crippen LogP contribution < -0.4 is 10.6 Å². The number of hydrogen-bond acceptors (Lipinski definition) is 4. The lowest BCUT2D eigenvalue weighted by molar-refractivity contribution is -0.147. The fraction of sp³-hybridized carbons (Fsp3) is 0.286. The number of anilines is 2. The first kappa shape index (κ1) is 22.7. The first-order chi connectivity index (χ1) is 13.9. The zero-order chi connectivity index (χ0) is 21.2. The van der Waals surface area contributed by atoms with Gasteiger partial charge in [-0.3, -0.25) is 14.4 Å². The van der Waals surface area contributed by atoms with Gasteiger partial charge in [0, 0.05) is 18.5 Å². The molecule has 0 aromatic heterocycles. The van der Waals surface area contributed by atoms with Crippen LogP contribution in [0.25, 0.3) is 0 Å². The second-order valence-corrected chi connectivity index (χ2v) is 7.01. The van der Waals surface area contributed by atoms with Crippen molar-refractivity contribution in [3.05, 3.63) is 58.1 Å². The molecule has 0 fully saturated rings. The Morgan fingerprint density at radius 3 is 2.34 bits per heavy atom. The number of carbonyl (C=O) groups is 3. The molecule has 2 aromatic rings. The summed E-state index contributed by atoms with van der Waals surface area (Å²) in [6, 6.07) is 12.4. The van der Waals surface area contributed by atoms with E-state index >= 15 is 0 Å². The molecule has 0 saturated heterocycles. The molecule has 29 heavy (non-hydrogen) atoms. The molecule has 0 saturated carbocycles. The highest BCUT2D eigenvalue weighted by Gasteiger charge is 2.12. The Morgan fingerprint density at radius 2 is 1.59 bits per heavy atom. The molecule has 0 radical (unpaired) electrons. The number of rotatable bonds is 9. The van der Waals surface area contributed by atoms with E-state index in [1.165, 1.54) is 0 Å². The fourth-order valence-corrected chi connectivity index (χ4v) is 2.91. The van der Waals surface area contributed by atoms with Gasteiger partial charge in [-0.05, 0) is 36.6 Å². The molecule has 0 atom stereocenters. The van der Waals surface area contributed by atoms with E-state index in [9.17, 15) is 14.4 Å². The second kappa shape index (κ2) is 11.4. The molecule has 2 rings (SSSR count). The van der Waals surface area contributed by atoms with Crippen LogP contribution in [-0.2, 0) is 25.5 Å². The second-order valence-electron chi connectivity index (χ2n) is 6.22.